The van der Waals surface area contributed by atoms with Crippen molar-refractivity contribution < 1.29 is 9.84 Å². The van der Waals surface area contributed by atoms with Crippen molar-refractivity contribution >= 4 is 5.96 Å². The Morgan fingerprint density at radius 3 is 2.36 bits per heavy atom. The predicted molar refractivity (Wildman–Crippen MR) is 92.3 cm³/mol. The fourth-order valence-electron chi connectivity index (χ4n) is 2.82. The molecule has 0 amide bonds. The highest BCUT2D eigenvalue weighted by Crippen LogP contribution is 2.43. The molecule has 3 N–H and O–H groups in total. The summed E-state index contributed by atoms with van der Waals surface area (Å²) in [6, 6.07) is 0. The maximum absolute atomic E-state index is 10.4. The van der Waals surface area contributed by atoms with E-state index in [1.165, 1.54) is 19.3 Å². The van der Waals surface area contributed by atoms with Crippen LogP contribution < -0.4 is 10.6 Å². The van der Waals surface area contributed by atoms with Gasteiger partial charge in [-0.05, 0) is 44.4 Å². The van der Waals surface area contributed by atoms with Crippen LogP contribution in [0.15, 0.2) is 4.99 Å². The summed E-state index contributed by atoms with van der Waals surface area (Å²) < 4.78 is 5.24. The van der Waals surface area contributed by atoms with Crippen molar-refractivity contribution in [3.8, 4) is 0 Å². The van der Waals surface area contributed by atoms with E-state index in [1.807, 2.05) is 13.8 Å². The Hall–Kier alpha value is -0.810. The van der Waals surface area contributed by atoms with E-state index >= 15 is 0 Å². The SMILES string of the molecule is CCNC(=NCC(O)(CC)CC)NCC1(CCOC)CCC1. The van der Waals surface area contributed by atoms with Crippen molar-refractivity contribution in [3.05, 3.63) is 0 Å². The zero-order chi connectivity index (χ0) is 16.5. The summed E-state index contributed by atoms with van der Waals surface area (Å²) in [5.74, 6) is 0.812. The number of aliphatic hydroxyl groups is 1. The fourth-order valence-corrected chi connectivity index (χ4v) is 2.82. The molecule has 0 atom stereocenters. The Bertz CT molecular complexity index is 337. The van der Waals surface area contributed by atoms with Gasteiger partial charge in [-0.2, -0.15) is 0 Å². The Balaban J connectivity index is 2.56. The van der Waals surface area contributed by atoms with Gasteiger partial charge in [0.2, 0.25) is 0 Å². The number of rotatable bonds is 10. The van der Waals surface area contributed by atoms with Crippen molar-refractivity contribution in [1.82, 2.24) is 10.6 Å². The first kappa shape index (κ1) is 19.2. The minimum atomic E-state index is -0.688. The molecule has 0 heterocycles. The van der Waals surface area contributed by atoms with Crippen LogP contribution in [0.5, 0.6) is 0 Å². The normalized spacial score (nSPS) is 18.0. The highest BCUT2D eigenvalue weighted by Gasteiger charge is 2.36. The van der Waals surface area contributed by atoms with Gasteiger partial charge in [-0.1, -0.05) is 20.3 Å². The zero-order valence-corrected chi connectivity index (χ0v) is 14.9. The van der Waals surface area contributed by atoms with Crippen molar-refractivity contribution in [1.29, 1.82) is 0 Å². The highest BCUT2D eigenvalue weighted by molar-refractivity contribution is 5.79. The van der Waals surface area contributed by atoms with Gasteiger partial charge < -0.3 is 20.5 Å². The molecule has 1 rings (SSSR count). The molecule has 1 saturated carbocycles. The van der Waals surface area contributed by atoms with Crippen molar-refractivity contribution in [2.75, 3.05) is 33.4 Å². The number of nitrogens with one attached hydrogen (secondary N) is 2. The van der Waals surface area contributed by atoms with Crippen LogP contribution in [-0.2, 0) is 4.74 Å². The van der Waals surface area contributed by atoms with Gasteiger partial charge in [-0.15, -0.1) is 0 Å². The summed E-state index contributed by atoms with van der Waals surface area (Å²) in [6.45, 7) is 9.10. The number of nitrogens with zero attached hydrogens (tertiary/aromatic N) is 1. The molecule has 0 aromatic carbocycles. The van der Waals surface area contributed by atoms with Crippen LogP contribution in [0.2, 0.25) is 0 Å². The number of ether oxygens (including phenoxy) is 1. The maximum Gasteiger partial charge on any atom is 0.191 e. The molecule has 5 nitrogen and oxygen atoms in total. The first-order valence-corrected chi connectivity index (χ1v) is 8.76. The van der Waals surface area contributed by atoms with E-state index in [0.717, 1.165) is 44.9 Å². The molecule has 5 heteroatoms. The van der Waals surface area contributed by atoms with E-state index in [2.05, 4.69) is 22.5 Å². The topological polar surface area (TPSA) is 65.9 Å². The smallest absolute Gasteiger partial charge is 0.191 e. The molecule has 0 bridgehead atoms. The number of guanidine groups is 1. The van der Waals surface area contributed by atoms with Gasteiger partial charge in [0.1, 0.15) is 0 Å². The van der Waals surface area contributed by atoms with Gasteiger partial charge in [-0.3, -0.25) is 4.99 Å². The van der Waals surface area contributed by atoms with E-state index in [9.17, 15) is 5.11 Å². The summed E-state index contributed by atoms with van der Waals surface area (Å²) in [5.41, 5.74) is -0.329. The van der Waals surface area contributed by atoms with Crippen LogP contribution in [0.25, 0.3) is 0 Å². The first-order chi connectivity index (χ1) is 10.5. The Morgan fingerprint density at radius 1 is 1.23 bits per heavy atom. The molecule has 0 saturated heterocycles. The summed E-state index contributed by atoms with van der Waals surface area (Å²) in [6.07, 6.45) is 6.38. The molecule has 1 fully saturated rings. The third kappa shape index (κ3) is 5.76. The molecular weight excluding hydrogens is 278 g/mol. The minimum absolute atomic E-state index is 0.359. The van der Waals surface area contributed by atoms with Gasteiger partial charge in [0.25, 0.3) is 0 Å². The lowest BCUT2D eigenvalue weighted by molar-refractivity contribution is 0.0417. The molecule has 22 heavy (non-hydrogen) atoms. The Morgan fingerprint density at radius 2 is 1.91 bits per heavy atom. The Labute approximate surface area is 135 Å². The van der Waals surface area contributed by atoms with Crippen LogP contribution >= 0.6 is 0 Å². The minimum Gasteiger partial charge on any atom is -0.388 e. The largest absolute Gasteiger partial charge is 0.388 e. The lowest BCUT2D eigenvalue weighted by atomic mass is 9.67. The van der Waals surface area contributed by atoms with E-state index < -0.39 is 5.60 Å². The third-order valence-corrected chi connectivity index (χ3v) is 5.07. The highest BCUT2D eigenvalue weighted by atomic mass is 16.5. The number of hydrogen-bond acceptors (Lipinski definition) is 3. The van der Waals surface area contributed by atoms with Gasteiger partial charge in [0.15, 0.2) is 5.96 Å². The molecule has 130 valence electrons. The summed E-state index contributed by atoms with van der Waals surface area (Å²) >= 11 is 0. The first-order valence-electron chi connectivity index (χ1n) is 8.76. The number of hydrogen-bond donors (Lipinski definition) is 3. The number of aliphatic imine (C=N–C) groups is 1. The van der Waals surface area contributed by atoms with E-state index in [-0.39, 0.29) is 0 Å². The van der Waals surface area contributed by atoms with Crippen LogP contribution in [0.1, 0.15) is 59.3 Å². The molecule has 1 aliphatic rings. The third-order valence-electron chi connectivity index (χ3n) is 5.07. The number of methoxy groups -OCH3 is 1. The second-order valence-corrected chi connectivity index (χ2v) is 6.58. The van der Waals surface area contributed by atoms with E-state index in [0.29, 0.717) is 12.0 Å². The second kappa shape index (κ2) is 9.36. The van der Waals surface area contributed by atoms with Gasteiger partial charge in [0.05, 0.1) is 12.1 Å². The van der Waals surface area contributed by atoms with Crippen LogP contribution in [0, 0.1) is 5.41 Å². The van der Waals surface area contributed by atoms with E-state index in [1.54, 1.807) is 7.11 Å². The second-order valence-electron chi connectivity index (χ2n) is 6.58. The summed E-state index contributed by atoms with van der Waals surface area (Å²) in [7, 11) is 1.77. The van der Waals surface area contributed by atoms with Crippen LogP contribution in [0.4, 0.5) is 0 Å². The lowest BCUT2D eigenvalue weighted by Crippen LogP contribution is -2.47. The maximum atomic E-state index is 10.4. The average molecular weight is 313 g/mol. The molecule has 0 unspecified atom stereocenters. The van der Waals surface area contributed by atoms with Crippen molar-refractivity contribution in [2.24, 2.45) is 10.4 Å². The molecule has 0 spiro atoms. The summed E-state index contributed by atoms with van der Waals surface area (Å²) in [5, 5.41) is 17.1. The average Bonchev–Trinajstić information content (AvgIpc) is 2.50. The molecule has 0 aromatic rings. The van der Waals surface area contributed by atoms with Crippen molar-refractivity contribution in [3.63, 3.8) is 0 Å². The fraction of sp³-hybridized carbons (Fsp3) is 0.941. The molecule has 0 aromatic heterocycles. The molecule has 1 aliphatic carbocycles. The van der Waals surface area contributed by atoms with E-state index in [4.69, 9.17) is 4.74 Å². The quantitative estimate of drug-likeness (QED) is 0.428. The Kier molecular flexibility index (Phi) is 8.18. The van der Waals surface area contributed by atoms with Crippen LogP contribution in [-0.4, -0.2) is 50.0 Å². The molecular formula is C17H35N3O2. The molecule has 0 aliphatic heterocycles. The summed E-state index contributed by atoms with van der Waals surface area (Å²) in [4.78, 5) is 4.58. The van der Waals surface area contributed by atoms with Crippen LogP contribution in [0.3, 0.4) is 0 Å². The van der Waals surface area contributed by atoms with Gasteiger partial charge in [-0.25, -0.2) is 0 Å². The van der Waals surface area contributed by atoms with Gasteiger partial charge >= 0.3 is 0 Å². The lowest BCUT2D eigenvalue weighted by Gasteiger charge is -2.42. The standard InChI is InChI=1S/C17H35N3O2/c1-5-17(21,6-2)14-20-15(18-7-3)19-13-16(9-8-10-16)11-12-22-4/h21H,5-14H2,1-4H3,(H2,18,19,20). The van der Waals surface area contributed by atoms with Gasteiger partial charge in [0, 0.05) is 26.8 Å². The van der Waals surface area contributed by atoms with Crippen molar-refractivity contribution in [2.45, 2.75) is 64.9 Å². The predicted octanol–water partition coefficient (Wildman–Crippen LogP) is 2.30. The zero-order valence-electron chi connectivity index (χ0n) is 14.9. The monoisotopic (exact) mass is 313 g/mol. The molecule has 0 radical (unpaired) electrons.